The van der Waals surface area contributed by atoms with Gasteiger partial charge in [0.15, 0.2) is 0 Å². The van der Waals surface area contributed by atoms with Gasteiger partial charge in [-0.2, -0.15) is 0 Å². The number of hydrogen-bond acceptors (Lipinski definition) is 4. The normalized spacial score (nSPS) is 17.0. The third kappa shape index (κ3) is 6.86. The molecule has 6 heteroatoms. The molecule has 1 aliphatic rings. The molecule has 0 spiro atoms. The second-order valence-electron chi connectivity index (χ2n) is 7.25. The van der Waals surface area contributed by atoms with Crippen LogP contribution in [0, 0.1) is 0 Å². The molecule has 146 valence electrons. The standard InChI is InChI=1S/C20H33N2O3P/c1-16(2)24-26(25-17(3)4)22-15-11-7-5-6-8-14-20(23)21-18-12-9-10-13-19(18)22/h9-10,12-13,16-17H,5-8,11,14-15H2,1-4H3,(H,21,23). The molecule has 26 heavy (non-hydrogen) atoms. The first-order valence-electron chi connectivity index (χ1n) is 9.77. The second-order valence-corrected chi connectivity index (χ2v) is 8.63. The minimum atomic E-state index is -1.24. The number of hydrogen-bond donors (Lipinski definition) is 1. The lowest BCUT2D eigenvalue weighted by Crippen LogP contribution is -2.25. The van der Waals surface area contributed by atoms with E-state index >= 15 is 0 Å². The Bertz CT molecular complexity index is 556. The largest absolute Gasteiger partial charge is 0.324 e. The smallest absolute Gasteiger partial charge is 0.290 e. The molecule has 1 aromatic rings. The van der Waals surface area contributed by atoms with Crippen molar-refractivity contribution in [2.24, 2.45) is 0 Å². The molecule has 0 radical (unpaired) electrons. The summed E-state index contributed by atoms with van der Waals surface area (Å²) in [6.07, 6.45) is 6.19. The first-order valence-corrected chi connectivity index (χ1v) is 10.9. The molecule has 1 heterocycles. The number of nitrogens with zero attached hydrogens (tertiary/aromatic N) is 1. The summed E-state index contributed by atoms with van der Waals surface area (Å²) < 4.78 is 14.5. The molecule has 0 aromatic heterocycles. The first-order chi connectivity index (χ1) is 12.5. The van der Waals surface area contributed by atoms with Crippen molar-refractivity contribution in [1.29, 1.82) is 0 Å². The summed E-state index contributed by atoms with van der Waals surface area (Å²) in [7, 11) is -1.24. The van der Waals surface area contributed by atoms with Gasteiger partial charge in [0.1, 0.15) is 0 Å². The molecule has 1 aromatic carbocycles. The van der Waals surface area contributed by atoms with Crippen LogP contribution in [0.1, 0.15) is 66.2 Å². The van der Waals surface area contributed by atoms with Crippen molar-refractivity contribution in [1.82, 2.24) is 0 Å². The summed E-state index contributed by atoms with van der Waals surface area (Å²) in [5.41, 5.74) is 1.82. The predicted octanol–water partition coefficient (Wildman–Crippen LogP) is 5.86. The fourth-order valence-corrected chi connectivity index (χ4v) is 4.54. The lowest BCUT2D eigenvalue weighted by atomic mass is 10.1. The van der Waals surface area contributed by atoms with Crippen molar-refractivity contribution in [3.05, 3.63) is 24.3 Å². The number of fused-ring (bicyclic) bond motifs is 1. The van der Waals surface area contributed by atoms with Gasteiger partial charge in [-0.25, -0.2) is 0 Å². The van der Waals surface area contributed by atoms with Crippen LogP contribution < -0.4 is 9.99 Å². The van der Waals surface area contributed by atoms with Crippen LogP contribution in [-0.2, 0) is 13.8 Å². The van der Waals surface area contributed by atoms with E-state index in [0.29, 0.717) is 6.42 Å². The summed E-state index contributed by atoms with van der Waals surface area (Å²) in [6, 6.07) is 7.97. The molecule has 5 nitrogen and oxygen atoms in total. The number of amides is 1. The highest BCUT2D eigenvalue weighted by molar-refractivity contribution is 7.49. The van der Waals surface area contributed by atoms with Crippen molar-refractivity contribution >= 4 is 25.8 Å². The molecule has 0 aliphatic carbocycles. The number of rotatable bonds is 5. The van der Waals surface area contributed by atoms with Gasteiger partial charge in [-0.3, -0.25) is 4.79 Å². The zero-order chi connectivity index (χ0) is 18.9. The van der Waals surface area contributed by atoms with Crippen molar-refractivity contribution in [2.75, 3.05) is 16.5 Å². The third-order valence-electron chi connectivity index (χ3n) is 4.03. The van der Waals surface area contributed by atoms with Crippen LogP contribution in [0.15, 0.2) is 24.3 Å². The van der Waals surface area contributed by atoms with E-state index in [1.165, 1.54) is 0 Å². The zero-order valence-electron chi connectivity index (χ0n) is 16.5. The molecule has 1 amide bonds. The Morgan fingerprint density at radius 2 is 1.58 bits per heavy atom. The molecule has 2 rings (SSSR count). The van der Waals surface area contributed by atoms with Gasteiger partial charge in [-0.1, -0.05) is 31.4 Å². The minimum absolute atomic E-state index is 0.0722. The molecule has 1 aliphatic heterocycles. The number of carbonyl (C=O) groups excluding carboxylic acids is 1. The van der Waals surface area contributed by atoms with Crippen LogP contribution in [0.4, 0.5) is 11.4 Å². The molecular formula is C20H33N2O3P. The highest BCUT2D eigenvalue weighted by Gasteiger charge is 2.27. The summed E-state index contributed by atoms with van der Waals surface area (Å²) in [5, 5.41) is 3.09. The van der Waals surface area contributed by atoms with Crippen LogP contribution in [-0.4, -0.2) is 24.7 Å². The Morgan fingerprint density at radius 3 is 2.27 bits per heavy atom. The van der Waals surface area contributed by atoms with Gasteiger partial charge in [0.05, 0.1) is 23.6 Å². The van der Waals surface area contributed by atoms with E-state index in [9.17, 15) is 4.79 Å². The Labute approximate surface area is 159 Å². The van der Waals surface area contributed by atoms with Crippen molar-refractivity contribution in [2.45, 2.75) is 78.4 Å². The fourth-order valence-electron chi connectivity index (χ4n) is 2.88. The minimum Gasteiger partial charge on any atom is -0.324 e. The summed E-state index contributed by atoms with van der Waals surface area (Å²) in [4.78, 5) is 12.3. The Balaban J connectivity index is 2.35. The number of para-hydroxylation sites is 2. The van der Waals surface area contributed by atoms with Gasteiger partial charge >= 0.3 is 0 Å². The predicted molar refractivity (Wildman–Crippen MR) is 109 cm³/mol. The molecule has 0 atom stereocenters. The average molecular weight is 380 g/mol. The molecule has 0 unspecified atom stereocenters. The number of benzene rings is 1. The molecule has 0 bridgehead atoms. The number of carbonyl (C=O) groups is 1. The van der Waals surface area contributed by atoms with E-state index < -0.39 is 8.53 Å². The van der Waals surface area contributed by atoms with Crippen LogP contribution in [0.5, 0.6) is 0 Å². The van der Waals surface area contributed by atoms with E-state index in [1.807, 2.05) is 52.0 Å². The summed E-state index contributed by atoms with van der Waals surface area (Å²) in [6.45, 7) is 8.98. The van der Waals surface area contributed by atoms with Gasteiger partial charge in [-0.15, -0.1) is 0 Å². The number of anilines is 2. The van der Waals surface area contributed by atoms with Crippen molar-refractivity contribution in [3.63, 3.8) is 0 Å². The Morgan fingerprint density at radius 1 is 0.962 bits per heavy atom. The quantitative estimate of drug-likeness (QED) is 0.650. The molecule has 0 saturated carbocycles. The summed E-state index contributed by atoms with van der Waals surface area (Å²) in [5.74, 6) is 0.0804. The lowest BCUT2D eigenvalue weighted by Gasteiger charge is -2.34. The van der Waals surface area contributed by atoms with E-state index in [0.717, 1.165) is 50.0 Å². The Hall–Kier alpha value is -1.16. The SMILES string of the molecule is CC(C)OP(OC(C)C)N1CCCCCCCC(=O)Nc2ccccc21. The van der Waals surface area contributed by atoms with Crippen LogP contribution >= 0.6 is 8.53 Å². The maximum absolute atomic E-state index is 12.3. The topological polar surface area (TPSA) is 50.8 Å². The molecule has 0 saturated heterocycles. The second kappa shape index (κ2) is 10.9. The first kappa shape index (κ1) is 21.1. The van der Waals surface area contributed by atoms with Gasteiger partial charge in [-0.05, 0) is 52.7 Å². The van der Waals surface area contributed by atoms with Crippen molar-refractivity contribution in [3.8, 4) is 0 Å². The fraction of sp³-hybridized carbons (Fsp3) is 0.650. The highest BCUT2D eigenvalue weighted by Crippen LogP contribution is 2.50. The van der Waals surface area contributed by atoms with E-state index in [2.05, 4.69) is 9.99 Å². The molecule has 0 fully saturated rings. The van der Waals surface area contributed by atoms with E-state index in [4.69, 9.17) is 9.05 Å². The van der Waals surface area contributed by atoms with E-state index in [-0.39, 0.29) is 18.1 Å². The lowest BCUT2D eigenvalue weighted by molar-refractivity contribution is -0.116. The van der Waals surface area contributed by atoms with Gasteiger partial charge in [0, 0.05) is 13.0 Å². The average Bonchev–Trinajstić information content (AvgIpc) is 2.55. The van der Waals surface area contributed by atoms with Crippen LogP contribution in [0.25, 0.3) is 0 Å². The van der Waals surface area contributed by atoms with Gasteiger partial charge in [0.25, 0.3) is 8.53 Å². The highest BCUT2D eigenvalue weighted by atomic mass is 31.2. The van der Waals surface area contributed by atoms with E-state index in [1.54, 1.807) is 0 Å². The monoisotopic (exact) mass is 380 g/mol. The maximum Gasteiger partial charge on any atom is 0.290 e. The van der Waals surface area contributed by atoms with Crippen LogP contribution in [0.2, 0.25) is 0 Å². The Kier molecular flexibility index (Phi) is 8.83. The number of nitrogens with one attached hydrogen (secondary N) is 1. The summed E-state index contributed by atoms with van der Waals surface area (Å²) >= 11 is 0. The maximum atomic E-state index is 12.3. The third-order valence-corrected chi connectivity index (χ3v) is 6.04. The van der Waals surface area contributed by atoms with Gasteiger partial charge < -0.3 is 19.0 Å². The van der Waals surface area contributed by atoms with Gasteiger partial charge in [0.2, 0.25) is 5.91 Å². The van der Waals surface area contributed by atoms with Crippen molar-refractivity contribution < 1.29 is 13.8 Å². The molecule has 1 N–H and O–H groups in total. The van der Waals surface area contributed by atoms with Crippen LogP contribution in [0.3, 0.4) is 0 Å². The molecular weight excluding hydrogens is 347 g/mol. The zero-order valence-corrected chi connectivity index (χ0v) is 17.4.